The van der Waals surface area contributed by atoms with E-state index < -0.39 is 0 Å². The maximum absolute atomic E-state index is 12.7. The van der Waals surface area contributed by atoms with E-state index in [4.69, 9.17) is 4.74 Å². The average molecular weight is 336 g/mol. The van der Waals surface area contributed by atoms with Crippen LogP contribution in [-0.4, -0.2) is 61.0 Å². The second-order valence-corrected chi connectivity index (χ2v) is 7.66. The van der Waals surface area contributed by atoms with Crippen molar-refractivity contribution >= 4 is 11.8 Å². The summed E-state index contributed by atoms with van der Waals surface area (Å²) in [4.78, 5) is 29.1. The van der Waals surface area contributed by atoms with Gasteiger partial charge in [-0.15, -0.1) is 0 Å². The summed E-state index contributed by atoms with van der Waals surface area (Å²) in [6.45, 7) is 4.14. The molecule has 2 aliphatic heterocycles. The van der Waals surface area contributed by atoms with Gasteiger partial charge in [0.15, 0.2) is 0 Å². The molecule has 5 nitrogen and oxygen atoms in total. The van der Waals surface area contributed by atoms with E-state index in [1.807, 2.05) is 9.80 Å². The number of carbonyl (C=O) groups is 2. The van der Waals surface area contributed by atoms with Crippen LogP contribution in [0, 0.1) is 11.8 Å². The molecule has 1 atom stereocenters. The van der Waals surface area contributed by atoms with Gasteiger partial charge < -0.3 is 14.5 Å². The zero-order valence-corrected chi connectivity index (χ0v) is 14.9. The lowest BCUT2D eigenvalue weighted by Crippen LogP contribution is -2.49. The van der Waals surface area contributed by atoms with Crippen LogP contribution in [0.3, 0.4) is 0 Å². The summed E-state index contributed by atoms with van der Waals surface area (Å²) in [5.74, 6) is 1.23. The van der Waals surface area contributed by atoms with Crippen molar-refractivity contribution in [2.75, 3.05) is 39.4 Å². The minimum absolute atomic E-state index is 0.00418. The SMILES string of the molecule is O=C(CCC1CCCCC1)N1CCCC(C(=O)N2CCOCC2)C1. The van der Waals surface area contributed by atoms with Gasteiger partial charge >= 0.3 is 0 Å². The monoisotopic (exact) mass is 336 g/mol. The van der Waals surface area contributed by atoms with Gasteiger partial charge in [0.05, 0.1) is 19.1 Å². The highest BCUT2D eigenvalue weighted by Gasteiger charge is 2.31. The molecule has 1 aliphatic carbocycles. The highest BCUT2D eigenvalue weighted by atomic mass is 16.5. The number of hydrogen-bond acceptors (Lipinski definition) is 3. The molecule has 2 saturated heterocycles. The molecule has 0 aromatic rings. The second-order valence-electron chi connectivity index (χ2n) is 7.66. The quantitative estimate of drug-likeness (QED) is 0.792. The molecule has 1 unspecified atom stereocenters. The van der Waals surface area contributed by atoms with Gasteiger partial charge in [-0.25, -0.2) is 0 Å². The van der Waals surface area contributed by atoms with E-state index in [1.54, 1.807) is 0 Å². The molecular formula is C19H32N2O3. The van der Waals surface area contributed by atoms with Crippen molar-refractivity contribution in [3.05, 3.63) is 0 Å². The number of hydrogen-bond donors (Lipinski definition) is 0. The Hall–Kier alpha value is -1.10. The molecule has 136 valence electrons. The lowest BCUT2D eigenvalue weighted by atomic mass is 9.86. The van der Waals surface area contributed by atoms with Crippen LogP contribution in [0.4, 0.5) is 0 Å². The minimum Gasteiger partial charge on any atom is -0.378 e. The van der Waals surface area contributed by atoms with Crippen LogP contribution >= 0.6 is 0 Å². The number of nitrogens with zero attached hydrogens (tertiary/aromatic N) is 2. The fraction of sp³-hybridized carbons (Fsp3) is 0.895. The van der Waals surface area contributed by atoms with Crippen molar-refractivity contribution < 1.29 is 14.3 Å². The summed E-state index contributed by atoms with van der Waals surface area (Å²) < 4.78 is 5.33. The molecule has 0 spiro atoms. The number of carbonyl (C=O) groups excluding carboxylic acids is 2. The van der Waals surface area contributed by atoms with Crippen molar-refractivity contribution in [2.45, 2.75) is 57.8 Å². The largest absolute Gasteiger partial charge is 0.378 e. The highest BCUT2D eigenvalue weighted by molar-refractivity contribution is 5.81. The Kier molecular flexibility index (Phi) is 6.52. The van der Waals surface area contributed by atoms with Gasteiger partial charge in [0, 0.05) is 32.6 Å². The molecule has 3 rings (SSSR count). The normalized spacial score (nSPS) is 26.4. The summed E-state index contributed by atoms with van der Waals surface area (Å²) in [5.41, 5.74) is 0. The van der Waals surface area contributed by atoms with Gasteiger partial charge in [0.25, 0.3) is 0 Å². The van der Waals surface area contributed by atoms with Crippen molar-refractivity contribution in [3.8, 4) is 0 Å². The van der Waals surface area contributed by atoms with Crippen molar-refractivity contribution in [3.63, 3.8) is 0 Å². The molecule has 0 aromatic carbocycles. The Morgan fingerprint density at radius 1 is 0.875 bits per heavy atom. The van der Waals surface area contributed by atoms with Crippen LogP contribution in [0.1, 0.15) is 57.8 Å². The van der Waals surface area contributed by atoms with Crippen molar-refractivity contribution in [1.29, 1.82) is 0 Å². The molecular weight excluding hydrogens is 304 g/mol. The molecule has 24 heavy (non-hydrogen) atoms. The topological polar surface area (TPSA) is 49.9 Å². The maximum Gasteiger partial charge on any atom is 0.227 e. The summed E-state index contributed by atoms with van der Waals surface area (Å²) in [6.07, 6.45) is 10.2. The Balaban J connectivity index is 1.45. The van der Waals surface area contributed by atoms with E-state index >= 15 is 0 Å². The Labute approximate surface area is 145 Å². The first-order chi connectivity index (χ1) is 11.7. The van der Waals surface area contributed by atoms with Crippen molar-refractivity contribution in [1.82, 2.24) is 9.80 Å². The number of rotatable bonds is 4. The van der Waals surface area contributed by atoms with E-state index in [1.165, 1.54) is 32.1 Å². The zero-order chi connectivity index (χ0) is 16.8. The zero-order valence-electron chi connectivity index (χ0n) is 14.9. The Morgan fingerprint density at radius 2 is 1.62 bits per heavy atom. The molecule has 1 saturated carbocycles. The summed E-state index contributed by atoms with van der Waals surface area (Å²) >= 11 is 0. The third kappa shape index (κ3) is 4.71. The van der Waals surface area contributed by atoms with Crippen LogP contribution in [-0.2, 0) is 14.3 Å². The lowest BCUT2D eigenvalue weighted by molar-refractivity contribution is -0.144. The van der Waals surface area contributed by atoms with E-state index in [9.17, 15) is 9.59 Å². The second kappa shape index (κ2) is 8.84. The maximum atomic E-state index is 12.7. The fourth-order valence-corrected chi connectivity index (χ4v) is 4.41. The number of likely N-dealkylation sites (tertiary alicyclic amines) is 1. The van der Waals surface area contributed by atoms with Gasteiger partial charge in [0.2, 0.25) is 11.8 Å². The van der Waals surface area contributed by atoms with E-state index in [-0.39, 0.29) is 17.7 Å². The Morgan fingerprint density at radius 3 is 2.38 bits per heavy atom. The minimum atomic E-state index is -0.00418. The predicted molar refractivity (Wildman–Crippen MR) is 92.5 cm³/mol. The molecule has 0 N–H and O–H groups in total. The third-order valence-electron chi connectivity index (χ3n) is 5.94. The van der Waals surface area contributed by atoms with E-state index in [0.717, 1.165) is 31.7 Å². The molecule has 3 fully saturated rings. The third-order valence-corrected chi connectivity index (χ3v) is 5.94. The summed E-state index contributed by atoms with van der Waals surface area (Å²) in [5, 5.41) is 0. The van der Waals surface area contributed by atoms with Gasteiger partial charge in [-0.1, -0.05) is 32.1 Å². The first kappa shape index (κ1) is 17.7. The molecule has 5 heteroatoms. The molecule has 0 bridgehead atoms. The van der Waals surface area contributed by atoms with Crippen LogP contribution in [0.25, 0.3) is 0 Å². The number of amides is 2. The van der Waals surface area contributed by atoms with E-state index in [2.05, 4.69) is 0 Å². The highest BCUT2D eigenvalue weighted by Crippen LogP contribution is 2.28. The lowest BCUT2D eigenvalue weighted by Gasteiger charge is -2.36. The summed E-state index contributed by atoms with van der Waals surface area (Å²) in [7, 11) is 0. The van der Waals surface area contributed by atoms with E-state index in [0.29, 0.717) is 39.3 Å². The van der Waals surface area contributed by atoms with Crippen LogP contribution in [0.2, 0.25) is 0 Å². The smallest absolute Gasteiger partial charge is 0.227 e. The fourth-order valence-electron chi connectivity index (χ4n) is 4.41. The molecule has 3 aliphatic rings. The van der Waals surface area contributed by atoms with Crippen LogP contribution < -0.4 is 0 Å². The standard InChI is InChI=1S/C19H32N2O3/c22-18(9-8-16-5-2-1-3-6-16)21-10-4-7-17(15-21)19(23)20-11-13-24-14-12-20/h16-17H,1-15H2. The van der Waals surface area contributed by atoms with Crippen LogP contribution in [0.15, 0.2) is 0 Å². The summed E-state index contributed by atoms with van der Waals surface area (Å²) in [6, 6.07) is 0. The molecule has 0 aromatic heterocycles. The van der Waals surface area contributed by atoms with Gasteiger partial charge in [-0.05, 0) is 25.2 Å². The predicted octanol–water partition coefficient (Wildman–Crippen LogP) is 2.44. The van der Waals surface area contributed by atoms with Crippen LogP contribution in [0.5, 0.6) is 0 Å². The Bertz CT molecular complexity index is 428. The van der Waals surface area contributed by atoms with Gasteiger partial charge in [-0.3, -0.25) is 9.59 Å². The first-order valence-corrected chi connectivity index (χ1v) is 9.88. The van der Waals surface area contributed by atoms with Gasteiger partial charge in [0.1, 0.15) is 0 Å². The van der Waals surface area contributed by atoms with Gasteiger partial charge in [-0.2, -0.15) is 0 Å². The average Bonchev–Trinajstić information content (AvgIpc) is 2.67. The number of morpholine rings is 1. The molecule has 2 amide bonds. The molecule has 0 radical (unpaired) electrons. The molecule has 2 heterocycles. The first-order valence-electron chi connectivity index (χ1n) is 9.88. The number of ether oxygens (including phenoxy) is 1. The number of piperidine rings is 1. The van der Waals surface area contributed by atoms with Crippen molar-refractivity contribution in [2.24, 2.45) is 11.8 Å².